The van der Waals surface area contributed by atoms with Crippen LogP contribution in [0, 0.1) is 0 Å². The maximum atomic E-state index is 12.2. The molecule has 17 nitrogen and oxygen atoms in total. The molecule has 1 atom stereocenters. The molecule has 1 rings (SSSR count). The topological polar surface area (TPSA) is 177 Å². The van der Waals surface area contributed by atoms with E-state index in [0.717, 1.165) is 5.75 Å². The van der Waals surface area contributed by atoms with Gasteiger partial charge in [0.15, 0.2) is 0 Å². The van der Waals surface area contributed by atoms with Gasteiger partial charge in [-0.2, -0.15) is 0 Å². The summed E-state index contributed by atoms with van der Waals surface area (Å²) in [5.41, 5.74) is 0. The van der Waals surface area contributed by atoms with Crippen molar-refractivity contribution in [1.82, 2.24) is 10.2 Å². The van der Waals surface area contributed by atoms with Crippen molar-refractivity contribution in [2.75, 3.05) is 178 Å². The van der Waals surface area contributed by atoms with E-state index < -0.39 is 0 Å². The minimum absolute atomic E-state index is 0. The Kier molecular flexibility index (Phi) is 35.2. The van der Waals surface area contributed by atoms with E-state index in [1.54, 1.807) is 7.11 Å². The summed E-state index contributed by atoms with van der Waals surface area (Å²) >= 11 is 1.46. The predicted molar refractivity (Wildman–Crippen MR) is 194 cm³/mol. The fraction of sp³-hybridized carbons (Fsp3) is 0.912. The van der Waals surface area contributed by atoms with E-state index in [-0.39, 0.29) is 43.8 Å². The van der Waals surface area contributed by atoms with Gasteiger partial charge in [-0.15, -0.1) is 11.8 Å². The summed E-state index contributed by atoms with van der Waals surface area (Å²) in [6, 6.07) is 0. The molecule has 3 amide bonds. The number of carbonyl (C=O) groups excluding carboxylic acids is 3. The average Bonchev–Trinajstić information content (AvgIpc) is 3.41. The number of hydrogen-bond donors (Lipinski definition) is 1. The van der Waals surface area contributed by atoms with E-state index >= 15 is 0 Å². The first-order chi connectivity index (χ1) is 25.6. The summed E-state index contributed by atoms with van der Waals surface area (Å²) in [5, 5.41) is 2.41. The number of thioether (sulfide) groups is 1. The number of nitrogens with zero attached hydrogens (tertiary/aromatic N) is 1. The van der Waals surface area contributed by atoms with E-state index in [9.17, 15) is 14.4 Å². The summed E-state index contributed by atoms with van der Waals surface area (Å²) in [6.07, 6.45) is 0.296. The van der Waals surface area contributed by atoms with Gasteiger partial charge in [-0.25, -0.2) is 0 Å². The number of hydrogen-bond acceptors (Lipinski definition) is 16. The van der Waals surface area contributed by atoms with Crippen LogP contribution in [-0.4, -0.2) is 206 Å². The molecule has 0 aromatic heterocycles. The van der Waals surface area contributed by atoms with Crippen LogP contribution in [-0.2, 0) is 71.2 Å². The van der Waals surface area contributed by atoms with Gasteiger partial charge in [-0.1, -0.05) is 6.92 Å². The fourth-order valence-corrected chi connectivity index (χ4v) is 5.16. The molecule has 0 spiro atoms. The zero-order chi connectivity index (χ0) is 37.6. The lowest BCUT2D eigenvalue weighted by molar-refractivity contribution is -0.138. The molecule has 18 heteroatoms. The molecule has 1 N–H and O–H groups in total. The highest BCUT2D eigenvalue weighted by Gasteiger charge is 2.38. The molecule has 0 saturated carbocycles. The summed E-state index contributed by atoms with van der Waals surface area (Å²) < 4.78 is 64.7. The van der Waals surface area contributed by atoms with Crippen LogP contribution in [0.25, 0.3) is 0 Å². The molecular formula is C34H66N2O15S. The smallest absolute Gasteiger partial charge is 0.242 e. The molecule has 0 bridgehead atoms. The van der Waals surface area contributed by atoms with Crippen molar-refractivity contribution >= 4 is 29.5 Å². The van der Waals surface area contributed by atoms with Crippen molar-refractivity contribution in [3.8, 4) is 0 Å². The molecule has 0 radical (unpaired) electrons. The number of ether oxygens (including phenoxy) is 12. The molecule has 1 aliphatic rings. The van der Waals surface area contributed by atoms with Crippen LogP contribution in [0.5, 0.6) is 0 Å². The summed E-state index contributed by atoms with van der Waals surface area (Å²) in [7, 11) is 1.64. The molecule has 1 saturated heterocycles. The van der Waals surface area contributed by atoms with Gasteiger partial charge in [0, 0.05) is 34.5 Å². The average molecular weight is 775 g/mol. The van der Waals surface area contributed by atoms with E-state index in [2.05, 4.69) is 5.32 Å². The largest absolute Gasteiger partial charge is 0.382 e. The van der Waals surface area contributed by atoms with Gasteiger partial charge in [0.25, 0.3) is 0 Å². The van der Waals surface area contributed by atoms with E-state index in [0.29, 0.717) is 159 Å². The normalized spacial score (nSPS) is 14.6. The standard InChI is InChI=1S/C34H64N2O15S.H2/c1-3-52-31-30-33(38)36(34(31)39)6-4-32(37)35-5-7-41-10-11-43-14-15-45-18-19-47-22-23-49-26-27-51-29-28-50-25-24-48-21-20-46-17-16-44-13-12-42-9-8-40-2;/h31H,3-30H2,1-2H3,(H,35,37);1H. The number of methoxy groups -OCH3 is 1. The Bertz CT molecular complexity index is 856. The van der Waals surface area contributed by atoms with Gasteiger partial charge in [-0.05, 0) is 5.75 Å². The van der Waals surface area contributed by atoms with Crippen molar-refractivity contribution in [2.24, 2.45) is 0 Å². The minimum atomic E-state index is -0.319. The SMILES string of the molecule is CCSC1CC(=O)N(CCC(=O)NCCOCCOCCOCCOCCOCCOCCOCCOCCOCCOCCOCCOC)C1=O.[HH]. The predicted octanol–water partition coefficient (Wildman–Crippen LogP) is 0.448. The second-order valence-corrected chi connectivity index (χ2v) is 12.3. The molecule has 0 aromatic rings. The third kappa shape index (κ3) is 29.9. The molecule has 1 fully saturated rings. The summed E-state index contributed by atoms with van der Waals surface area (Å²) in [6.45, 7) is 13.6. The molecular weight excluding hydrogens is 708 g/mol. The Morgan fingerprint density at radius 1 is 0.596 bits per heavy atom. The Morgan fingerprint density at radius 2 is 0.923 bits per heavy atom. The molecule has 1 unspecified atom stereocenters. The first-order valence-electron chi connectivity index (χ1n) is 18.2. The van der Waals surface area contributed by atoms with Gasteiger partial charge in [0.05, 0.1) is 157 Å². The summed E-state index contributed by atoms with van der Waals surface area (Å²) in [5.74, 6) is 0.136. The number of amides is 3. The van der Waals surface area contributed by atoms with Crippen molar-refractivity contribution < 1.29 is 72.7 Å². The van der Waals surface area contributed by atoms with Crippen LogP contribution < -0.4 is 5.32 Å². The molecule has 52 heavy (non-hydrogen) atoms. The zero-order valence-corrected chi connectivity index (χ0v) is 32.2. The molecule has 0 aromatic carbocycles. The van der Waals surface area contributed by atoms with Crippen molar-refractivity contribution in [1.29, 1.82) is 0 Å². The monoisotopic (exact) mass is 774 g/mol. The molecule has 308 valence electrons. The second kappa shape index (κ2) is 37.8. The van der Waals surface area contributed by atoms with Crippen LogP contribution in [0.15, 0.2) is 0 Å². The van der Waals surface area contributed by atoms with Crippen molar-refractivity contribution in [3.05, 3.63) is 0 Å². The number of nitrogens with one attached hydrogen (secondary N) is 1. The van der Waals surface area contributed by atoms with Crippen LogP contribution in [0.2, 0.25) is 0 Å². The van der Waals surface area contributed by atoms with Crippen molar-refractivity contribution in [2.45, 2.75) is 25.0 Å². The summed E-state index contributed by atoms with van der Waals surface area (Å²) in [4.78, 5) is 37.4. The van der Waals surface area contributed by atoms with Crippen molar-refractivity contribution in [3.63, 3.8) is 0 Å². The van der Waals surface area contributed by atoms with Gasteiger partial charge in [0.2, 0.25) is 17.7 Å². The second-order valence-electron chi connectivity index (χ2n) is 10.9. The number of likely N-dealkylation sites (tertiary alicyclic amines) is 1. The Hall–Kier alpha value is -1.52. The molecule has 1 heterocycles. The highest BCUT2D eigenvalue weighted by Crippen LogP contribution is 2.24. The third-order valence-electron chi connectivity index (χ3n) is 6.85. The van der Waals surface area contributed by atoms with Gasteiger partial charge >= 0.3 is 0 Å². The molecule has 1 aliphatic heterocycles. The number of imide groups is 1. The first kappa shape index (κ1) is 48.5. The maximum absolute atomic E-state index is 12.2. The lowest BCUT2D eigenvalue weighted by Crippen LogP contribution is -2.36. The lowest BCUT2D eigenvalue weighted by atomic mass is 10.3. The Balaban J connectivity index is 0.0000270. The Labute approximate surface area is 315 Å². The van der Waals surface area contributed by atoms with Crippen LogP contribution in [0.3, 0.4) is 0 Å². The van der Waals surface area contributed by atoms with Crippen LogP contribution >= 0.6 is 11.8 Å². The number of carbonyl (C=O) groups is 3. The fourth-order valence-electron chi connectivity index (χ4n) is 4.23. The highest BCUT2D eigenvalue weighted by molar-refractivity contribution is 8.00. The highest BCUT2D eigenvalue weighted by atomic mass is 32.2. The van der Waals surface area contributed by atoms with Gasteiger partial charge < -0.3 is 62.2 Å². The van der Waals surface area contributed by atoms with E-state index in [1.807, 2.05) is 6.92 Å². The number of rotatable bonds is 41. The minimum Gasteiger partial charge on any atom is -0.382 e. The van der Waals surface area contributed by atoms with Gasteiger partial charge in [0.1, 0.15) is 0 Å². The Morgan fingerprint density at radius 3 is 1.25 bits per heavy atom. The lowest BCUT2D eigenvalue weighted by Gasteiger charge is -2.14. The quantitative estimate of drug-likeness (QED) is 0.0669. The van der Waals surface area contributed by atoms with Gasteiger partial charge in [-0.3, -0.25) is 19.3 Å². The van der Waals surface area contributed by atoms with Crippen LogP contribution in [0.1, 0.15) is 21.2 Å². The maximum Gasteiger partial charge on any atom is 0.242 e. The first-order valence-corrected chi connectivity index (χ1v) is 19.2. The van der Waals surface area contributed by atoms with Crippen LogP contribution in [0.4, 0.5) is 0 Å². The van der Waals surface area contributed by atoms with E-state index in [4.69, 9.17) is 56.8 Å². The molecule has 0 aliphatic carbocycles. The third-order valence-corrected chi connectivity index (χ3v) is 7.96. The van der Waals surface area contributed by atoms with E-state index in [1.165, 1.54) is 16.7 Å². The zero-order valence-electron chi connectivity index (χ0n) is 31.4.